The smallest absolute Gasteiger partial charge is 0.258 e. The lowest BCUT2D eigenvalue weighted by Crippen LogP contribution is -2.31. The first-order valence-corrected chi connectivity index (χ1v) is 8.20. The van der Waals surface area contributed by atoms with Crippen LogP contribution in [0.5, 0.6) is 5.75 Å². The zero-order valence-corrected chi connectivity index (χ0v) is 14.1. The van der Waals surface area contributed by atoms with Crippen molar-refractivity contribution in [1.82, 2.24) is 10.3 Å². The van der Waals surface area contributed by atoms with Crippen LogP contribution in [-0.4, -0.2) is 17.5 Å². The second-order valence-corrected chi connectivity index (χ2v) is 5.75. The van der Waals surface area contributed by atoms with Gasteiger partial charge < -0.3 is 10.1 Å². The van der Waals surface area contributed by atoms with Crippen molar-refractivity contribution in [1.29, 1.82) is 0 Å². The Labute approximate surface area is 147 Å². The third kappa shape index (κ3) is 4.67. The van der Waals surface area contributed by atoms with Gasteiger partial charge in [-0.3, -0.25) is 9.78 Å². The van der Waals surface area contributed by atoms with Gasteiger partial charge in [-0.15, -0.1) is 0 Å². The molecule has 0 bridgehead atoms. The van der Waals surface area contributed by atoms with E-state index in [9.17, 15) is 4.79 Å². The van der Waals surface area contributed by atoms with E-state index in [4.69, 9.17) is 4.74 Å². The van der Waals surface area contributed by atoms with Gasteiger partial charge in [0, 0.05) is 12.4 Å². The fourth-order valence-electron chi connectivity index (χ4n) is 2.52. The molecule has 1 heterocycles. The summed E-state index contributed by atoms with van der Waals surface area (Å²) >= 11 is 0. The lowest BCUT2D eigenvalue weighted by molar-refractivity contribution is -0.123. The van der Waals surface area contributed by atoms with E-state index < -0.39 is 0 Å². The first-order valence-electron chi connectivity index (χ1n) is 8.20. The molecule has 2 aromatic carbocycles. The summed E-state index contributed by atoms with van der Waals surface area (Å²) < 4.78 is 5.57. The molecule has 0 radical (unpaired) electrons. The molecule has 0 aliphatic carbocycles. The van der Waals surface area contributed by atoms with Gasteiger partial charge in [0.15, 0.2) is 6.61 Å². The van der Waals surface area contributed by atoms with E-state index in [1.54, 1.807) is 12.4 Å². The highest BCUT2D eigenvalue weighted by Gasteiger charge is 2.10. The maximum absolute atomic E-state index is 12.0. The number of carbonyl (C=O) groups is 1. The average Bonchev–Trinajstić information content (AvgIpc) is 2.68. The Balaban J connectivity index is 1.52. The van der Waals surface area contributed by atoms with Crippen molar-refractivity contribution >= 4 is 5.91 Å². The van der Waals surface area contributed by atoms with E-state index >= 15 is 0 Å². The molecule has 0 saturated heterocycles. The van der Waals surface area contributed by atoms with Crippen molar-refractivity contribution < 1.29 is 9.53 Å². The van der Waals surface area contributed by atoms with Crippen molar-refractivity contribution in [2.45, 2.75) is 13.0 Å². The van der Waals surface area contributed by atoms with Crippen LogP contribution in [0, 0.1) is 0 Å². The first kappa shape index (κ1) is 16.7. The molecule has 1 amide bonds. The monoisotopic (exact) mass is 332 g/mol. The van der Waals surface area contributed by atoms with Crippen LogP contribution >= 0.6 is 0 Å². The summed E-state index contributed by atoms with van der Waals surface area (Å²) in [4.78, 5) is 16.1. The van der Waals surface area contributed by atoms with Crippen molar-refractivity contribution in [3.05, 3.63) is 84.7 Å². The molecule has 0 saturated carbocycles. The number of hydrogen-bond donors (Lipinski definition) is 1. The Hall–Kier alpha value is -3.14. The van der Waals surface area contributed by atoms with E-state index in [0.717, 1.165) is 16.7 Å². The Morgan fingerprint density at radius 2 is 1.72 bits per heavy atom. The normalized spacial score (nSPS) is 11.6. The second-order valence-electron chi connectivity index (χ2n) is 5.75. The number of nitrogens with one attached hydrogen (secondary N) is 1. The van der Waals surface area contributed by atoms with Crippen LogP contribution in [0.4, 0.5) is 0 Å². The highest BCUT2D eigenvalue weighted by molar-refractivity contribution is 5.78. The minimum atomic E-state index is -0.163. The van der Waals surface area contributed by atoms with Crippen LogP contribution in [-0.2, 0) is 4.79 Å². The molecule has 126 valence electrons. The summed E-state index contributed by atoms with van der Waals surface area (Å²) in [6, 6.07) is 21.5. The molecule has 0 aliphatic heterocycles. The van der Waals surface area contributed by atoms with Crippen LogP contribution in [0.3, 0.4) is 0 Å². The van der Waals surface area contributed by atoms with Gasteiger partial charge in [-0.1, -0.05) is 48.5 Å². The predicted molar refractivity (Wildman–Crippen MR) is 98.2 cm³/mol. The van der Waals surface area contributed by atoms with Crippen molar-refractivity contribution in [3.63, 3.8) is 0 Å². The van der Waals surface area contributed by atoms with Crippen molar-refractivity contribution in [2.24, 2.45) is 0 Å². The number of benzene rings is 2. The molecule has 1 aromatic heterocycles. The highest BCUT2D eigenvalue weighted by Crippen LogP contribution is 2.22. The summed E-state index contributed by atoms with van der Waals surface area (Å²) in [5, 5.41) is 2.90. The van der Waals surface area contributed by atoms with Crippen molar-refractivity contribution in [2.75, 3.05) is 6.61 Å². The zero-order valence-electron chi connectivity index (χ0n) is 14.1. The number of nitrogens with zero attached hydrogens (tertiary/aromatic N) is 1. The lowest BCUT2D eigenvalue weighted by atomic mass is 10.1. The molecular weight excluding hydrogens is 312 g/mol. The standard InChI is InChI=1S/C21H20N2O2/c1-16(19-8-5-13-22-14-19)23-21(24)15-25-20-11-9-18(10-12-20)17-6-3-2-4-7-17/h2-14,16H,15H2,1H3,(H,23,24)/t16-/m1/s1. The van der Waals surface area contributed by atoms with E-state index in [2.05, 4.69) is 22.4 Å². The fourth-order valence-corrected chi connectivity index (χ4v) is 2.52. The zero-order chi connectivity index (χ0) is 17.5. The number of hydrogen-bond acceptors (Lipinski definition) is 3. The molecular formula is C21H20N2O2. The third-order valence-corrected chi connectivity index (χ3v) is 3.89. The average molecular weight is 332 g/mol. The van der Waals surface area contributed by atoms with E-state index in [1.807, 2.05) is 61.5 Å². The lowest BCUT2D eigenvalue weighted by Gasteiger charge is -2.14. The molecule has 1 atom stereocenters. The molecule has 0 spiro atoms. The van der Waals surface area contributed by atoms with Gasteiger partial charge >= 0.3 is 0 Å². The molecule has 0 unspecified atom stereocenters. The fraction of sp³-hybridized carbons (Fsp3) is 0.143. The molecule has 4 nitrogen and oxygen atoms in total. The topological polar surface area (TPSA) is 51.2 Å². The minimum absolute atomic E-state index is 0.0186. The number of pyridine rings is 1. The molecule has 0 fully saturated rings. The highest BCUT2D eigenvalue weighted by atomic mass is 16.5. The summed E-state index contributed by atoms with van der Waals surface area (Å²) in [5.41, 5.74) is 3.22. The number of carbonyl (C=O) groups excluding carboxylic acids is 1. The largest absolute Gasteiger partial charge is 0.484 e. The summed E-state index contributed by atoms with van der Waals surface area (Å²) in [7, 11) is 0. The molecule has 4 heteroatoms. The van der Waals surface area contributed by atoms with E-state index in [0.29, 0.717) is 5.75 Å². The van der Waals surface area contributed by atoms with Gasteiger partial charge in [-0.25, -0.2) is 0 Å². The molecule has 3 rings (SSSR count). The molecule has 25 heavy (non-hydrogen) atoms. The molecule has 0 aliphatic rings. The summed E-state index contributed by atoms with van der Waals surface area (Å²) in [5.74, 6) is 0.507. The van der Waals surface area contributed by atoms with Crippen molar-refractivity contribution in [3.8, 4) is 16.9 Å². The van der Waals surface area contributed by atoms with E-state index in [-0.39, 0.29) is 18.6 Å². The number of ether oxygens (including phenoxy) is 1. The van der Waals surface area contributed by atoms with Gasteiger partial charge in [-0.05, 0) is 41.8 Å². The van der Waals surface area contributed by atoms with Crippen LogP contribution in [0.1, 0.15) is 18.5 Å². The Kier molecular flexibility index (Phi) is 5.42. The quantitative estimate of drug-likeness (QED) is 0.742. The van der Waals surface area contributed by atoms with Gasteiger partial charge in [0.2, 0.25) is 0 Å². The number of aromatic nitrogens is 1. The van der Waals surface area contributed by atoms with E-state index in [1.165, 1.54) is 0 Å². The SMILES string of the molecule is C[C@@H](NC(=O)COc1ccc(-c2ccccc2)cc1)c1cccnc1. The second kappa shape index (κ2) is 8.11. The predicted octanol–water partition coefficient (Wildman–Crippen LogP) is 4.00. The summed E-state index contributed by atoms with van der Waals surface area (Å²) in [6.07, 6.45) is 3.45. The van der Waals surface area contributed by atoms with Crippen LogP contribution in [0.2, 0.25) is 0 Å². The van der Waals surface area contributed by atoms with Gasteiger partial charge in [-0.2, -0.15) is 0 Å². The molecule has 1 N–H and O–H groups in total. The maximum Gasteiger partial charge on any atom is 0.258 e. The minimum Gasteiger partial charge on any atom is -0.484 e. The Morgan fingerprint density at radius 3 is 2.40 bits per heavy atom. The number of amides is 1. The maximum atomic E-state index is 12.0. The van der Waals surface area contributed by atoms with Crippen LogP contribution < -0.4 is 10.1 Å². The Morgan fingerprint density at radius 1 is 1.00 bits per heavy atom. The van der Waals surface area contributed by atoms with Gasteiger partial charge in [0.05, 0.1) is 6.04 Å². The summed E-state index contributed by atoms with van der Waals surface area (Å²) in [6.45, 7) is 1.90. The van der Waals surface area contributed by atoms with Gasteiger partial charge in [0.1, 0.15) is 5.75 Å². The van der Waals surface area contributed by atoms with Crippen LogP contribution in [0.25, 0.3) is 11.1 Å². The number of rotatable bonds is 6. The Bertz CT molecular complexity index is 802. The molecule has 3 aromatic rings. The first-order chi connectivity index (χ1) is 12.2. The third-order valence-electron chi connectivity index (χ3n) is 3.89. The van der Waals surface area contributed by atoms with Gasteiger partial charge in [0.25, 0.3) is 5.91 Å². The van der Waals surface area contributed by atoms with Crippen LogP contribution in [0.15, 0.2) is 79.1 Å².